The zero-order valence-electron chi connectivity index (χ0n) is 20.3. The topological polar surface area (TPSA) is 118 Å². The van der Waals surface area contributed by atoms with Crippen LogP contribution in [0.2, 0.25) is 0 Å². The standard InChI is InChI=1S/C29H18N8OS/c38-25(8-16-4-2-1-3-5-16)37-18-9-17(11-30-12-18)21-10-19-22(15-32-21)35-36-28(19)29-33-23-14-31-13-20(27(23)34-29)24-6-7-26(37)39-24/h1-7,9-15H,8H2,(H,33,34)(H,35,36). The van der Waals surface area contributed by atoms with Crippen molar-refractivity contribution in [1.82, 2.24) is 39.7 Å². The third kappa shape index (κ3) is 3.53. The molecule has 0 fully saturated rings. The normalized spacial score (nSPS) is 11.8. The van der Waals surface area contributed by atoms with E-state index in [-0.39, 0.29) is 12.3 Å². The van der Waals surface area contributed by atoms with Gasteiger partial charge >= 0.3 is 0 Å². The third-order valence-corrected chi connectivity index (χ3v) is 7.97. The molecule has 186 valence electrons. The lowest BCUT2D eigenvalue weighted by molar-refractivity contribution is 0.0924. The first kappa shape index (κ1) is 21.8. The molecule has 0 unspecified atom stereocenters. The third-order valence-electron chi connectivity index (χ3n) is 6.87. The van der Waals surface area contributed by atoms with Crippen LogP contribution in [0.25, 0.3) is 64.4 Å². The Morgan fingerprint density at radius 3 is 2.69 bits per heavy atom. The number of benzene rings is 1. The molecule has 8 aromatic rings. The number of nitrogens with zero attached hydrogens (tertiary/aromatic N) is 6. The molecule has 7 heterocycles. The van der Waals surface area contributed by atoms with Crippen LogP contribution in [0, 0.1) is 0 Å². The first-order valence-corrected chi connectivity index (χ1v) is 13.1. The number of carbonyl (C=O) groups is 1. The summed E-state index contributed by atoms with van der Waals surface area (Å²) in [7, 11) is 0. The Hall–Kier alpha value is -5.22. The smallest absolute Gasteiger partial charge is 0.236 e. The van der Waals surface area contributed by atoms with Crippen molar-refractivity contribution >= 4 is 81.7 Å². The number of aromatic nitrogens is 8. The van der Waals surface area contributed by atoms with E-state index in [1.54, 1.807) is 29.4 Å². The number of imidazole rings is 1. The van der Waals surface area contributed by atoms with Crippen LogP contribution in [-0.4, -0.2) is 45.6 Å². The van der Waals surface area contributed by atoms with Crippen molar-refractivity contribution < 1.29 is 4.79 Å². The van der Waals surface area contributed by atoms with Crippen LogP contribution in [-0.2, 0) is 6.42 Å². The highest BCUT2D eigenvalue weighted by molar-refractivity contribution is 7.24. The number of carbonyl (C=O) groups excluding carboxylic acids is 1. The first-order valence-electron chi connectivity index (χ1n) is 12.3. The summed E-state index contributed by atoms with van der Waals surface area (Å²) in [6, 6.07) is 17.6. The number of thiophene rings is 1. The van der Waals surface area contributed by atoms with Gasteiger partial charge < -0.3 is 4.98 Å². The van der Waals surface area contributed by atoms with Crippen molar-refractivity contribution in [3.8, 4) is 0 Å². The average molecular weight is 527 g/mol. The maximum absolute atomic E-state index is 13.9. The molecule has 1 aromatic carbocycles. The highest BCUT2D eigenvalue weighted by Gasteiger charge is 2.14. The molecule has 8 bridgehead atoms. The fourth-order valence-electron chi connectivity index (χ4n) is 5.01. The molecule has 7 aromatic heterocycles. The zero-order chi connectivity index (χ0) is 25.9. The number of nitrogens with one attached hydrogen (secondary N) is 2. The fourth-order valence-corrected chi connectivity index (χ4v) is 6.06. The van der Waals surface area contributed by atoms with Crippen molar-refractivity contribution in [2.24, 2.45) is 0 Å². The van der Waals surface area contributed by atoms with Gasteiger partial charge in [-0.15, -0.1) is 11.3 Å². The van der Waals surface area contributed by atoms with Gasteiger partial charge in [0, 0.05) is 33.3 Å². The van der Waals surface area contributed by atoms with E-state index < -0.39 is 0 Å². The highest BCUT2D eigenvalue weighted by Crippen LogP contribution is 2.30. The Morgan fingerprint density at radius 1 is 0.872 bits per heavy atom. The minimum Gasteiger partial charge on any atom is -0.335 e. The summed E-state index contributed by atoms with van der Waals surface area (Å²) < 4.78 is 2.69. The molecule has 0 saturated heterocycles. The Morgan fingerprint density at radius 2 is 1.77 bits per heavy atom. The molecule has 0 aliphatic rings. The van der Waals surface area contributed by atoms with E-state index in [0.29, 0.717) is 16.7 Å². The van der Waals surface area contributed by atoms with Gasteiger partial charge in [-0.05, 0) is 29.8 Å². The molecular formula is C29H18N8OS. The van der Waals surface area contributed by atoms with Crippen molar-refractivity contribution in [2.45, 2.75) is 6.42 Å². The Balaban J connectivity index is 1.54. The predicted molar refractivity (Wildman–Crippen MR) is 153 cm³/mol. The Bertz CT molecular complexity index is 2290. The maximum Gasteiger partial charge on any atom is 0.236 e. The molecule has 2 N–H and O–H groups in total. The maximum atomic E-state index is 13.9. The second kappa shape index (κ2) is 8.40. The van der Waals surface area contributed by atoms with Gasteiger partial charge in [0.2, 0.25) is 5.91 Å². The SMILES string of the molecule is O=C(Cc1ccccc1)n1c2cncc(c2)c2cc3c(cn2)[nH]nc3c2nc3c(cncc3c3ccc1s3)[nH]2. The number of hydrogen-bond acceptors (Lipinski definition) is 7. The van der Waals surface area contributed by atoms with Gasteiger partial charge in [0.1, 0.15) is 15.9 Å². The highest BCUT2D eigenvalue weighted by atomic mass is 32.1. The lowest BCUT2D eigenvalue weighted by atomic mass is 10.1. The summed E-state index contributed by atoms with van der Waals surface area (Å²) >= 11 is 1.51. The molecule has 0 spiro atoms. The van der Waals surface area contributed by atoms with E-state index in [2.05, 4.69) is 30.1 Å². The number of rotatable bonds is 2. The van der Waals surface area contributed by atoms with Crippen LogP contribution in [0.3, 0.4) is 0 Å². The van der Waals surface area contributed by atoms with E-state index in [1.807, 2.05) is 60.8 Å². The molecule has 0 atom stereocenters. The Kier molecular flexibility index (Phi) is 4.70. The van der Waals surface area contributed by atoms with Gasteiger partial charge in [-0.2, -0.15) is 5.10 Å². The summed E-state index contributed by atoms with van der Waals surface area (Å²) in [4.78, 5) is 36.6. The van der Waals surface area contributed by atoms with E-state index >= 15 is 0 Å². The van der Waals surface area contributed by atoms with Crippen LogP contribution in [0.1, 0.15) is 10.4 Å². The van der Waals surface area contributed by atoms with Crippen LogP contribution in [0.15, 0.2) is 85.6 Å². The van der Waals surface area contributed by atoms with E-state index in [0.717, 1.165) is 53.3 Å². The minimum absolute atomic E-state index is 0.0585. The number of aromatic amines is 2. The van der Waals surface area contributed by atoms with Gasteiger partial charge in [-0.3, -0.25) is 29.4 Å². The quantitative estimate of drug-likeness (QED) is 0.281. The molecule has 0 aliphatic carbocycles. The summed E-state index contributed by atoms with van der Waals surface area (Å²) in [6.45, 7) is 0. The average Bonchev–Trinajstić information content (AvgIpc) is 3.71. The molecule has 9 nitrogen and oxygen atoms in total. The van der Waals surface area contributed by atoms with E-state index in [4.69, 9.17) is 4.98 Å². The molecule has 0 aliphatic heterocycles. The second-order valence-corrected chi connectivity index (χ2v) is 10.4. The Labute approximate surface area is 223 Å². The first-order chi connectivity index (χ1) is 19.2. The fraction of sp³-hybridized carbons (Fsp3) is 0.0345. The van der Waals surface area contributed by atoms with Gasteiger partial charge in [0.25, 0.3) is 0 Å². The van der Waals surface area contributed by atoms with Gasteiger partial charge in [0.15, 0.2) is 5.65 Å². The summed E-state index contributed by atoms with van der Waals surface area (Å²) in [5, 5.41) is 10.2. The number of fused-ring (bicyclic) bond motifs is 9. The second-order valence-electron chi connectivity index (χ2n) is 9.32. The monoisotopic (exact) mass is 526 g/mol. The lowest BCUT2D eigenvalue weighted by Crippen LogP contribution is -2.14. The number of H-pyrrole nitrogens is 2. The molecule has 0 saturated carbocycles. The van der Waals surface area contributed by atoms with Gasteiger partial charge in [-0.1, -0.05) is 30.3 Å². The zero-order valence-corrected chi connectivity index (χ0v) is 21.1. The van der Waals surface area contributed by atoms with E-state index in [1.165, 1.54) is 11.3 Å². The van der Waals surface area contributed by atoms with Gasteiger partial charge in [-0.25, -0.2) is 4.98 Å². The van der Waals surface area contributed by atoms with Crippen LogP contribution in [0.4, 0.5) is 0 Å². The lowest BCUT2D eigenvalue weighted by Gasteiger charge is -2.08. The van der Waals surface area contributed by atoms with E-state index in [9.17, 15) is 4.79 Å². The number of hydrogen-bond donors (Lipinski definition) is 2. The summed E-state index contributed by atoms with van der Waals surface area (Å²) in [5.74, 6) is -0.0585. The van der Waals surface area contributed by atoms with Crippen LogP contribution in [0.5, 0.6) is 0 Å². The minimum atomic E-state index is -0.0585. The number of pyridine rings is 3. The van der Waals surface area contributed by atoms with Crippen molar-refractivity contribution in [3.63, 3.8) is 0 Å². The van der Waals surface area contributed by atoms with Gasteiger partial charge in [0.05, 0.1) is 47.1 Å². The largest absolute Gasteiger partial charge is 0.335 e. The predicted octanol–water partition coefficient (Wildman–Crippen LogP) is 6.11. The molecule has 0 amide bonds. The molecule has 39 heavy (non-hydrogen) atoms. The van der Waals surface area contributed by atoms with Crippen molar-refractivity contribution in [1.29, 1.82) is 0 Å². The molecule has 0 radical (unpaired) electrons. The van der Waals surface area contributed by atoms with Crippen LogP contribution < -0.4 is 0 Å². The molecule has 8 rings (SSSR count). The molecule has 10 heteroatoms. The molecular weight excluding hydrogens is 508 g/mol. The summed E-state index contributed by atoms with van der Waals surface area (Å²) in [5.41, 5.74) is 6.06. The summed E-state index contributed by atoms with van der Waals surface area (Å²) in [6.07, 6.45) is 9.05. The van der Waals surface area contributed by atoms with Crippen molar-refractivity contribution in [3.05, 3.63) is 91.1 Å². The van der Waals surface area contributed by atoms with Crippen molar-refractivity contribution in [2.75, 3.05) is 0 Å². The van der Waals surface area contributed by atoms with Crippen LogP contribution >= 0.6 is 11.3 Å².